The SMILES string of the molecule is O=S(=O)(Nc1ccc(CCNCC(O)COc2ccc(O)cc2)cc1)C1CCCC1. The summed E-state index contributed by atoms with van der Waals surface area (Å²) in [5, 5.41) is 22.1. The topological polar surface area (TPSA) is 108 Å². The molecule has 4 N–H and O–H groups in total. The van der Waals surface area contributed by atoms with Crippen LogP contribution in [0.1, 0.15) is 31.2 Å². The number of rotatable bonds is 11. The lowest BCUT2D eigenvalue weighted by atomic mass is 10.1. The maximum atomic E-state index is 12.4. The van der Waals surface area contributed by atoms with E-state index in [4.69, 9.17) is 4.74 Å². The van der Waals surface area contributed by atoms with Crippen molar-refractivity contribution in [1.29, 1.82) is 0 Å². The maximum absolute atomic E-state index is 12.4. The minimum Gasteiger partial charge on any atom is -0.508 e. The van der Waals surface area contributed by atoms with Crippen molar-refractivity contribution >= 4 is 15.7 Å². The predicted molar refractivity (Wildman–Crippen MR) is 117 cm³/mol. The zero-order valence-electron chi connectivity index (χ0n) is 17.0. The number of aliphatic hydroxyl groups excluding tert-OH is 1. The number of ether oxygens (including phenoxy) is 1. The first kappa shape index (κ1) is 22.4. The average molecular weight is 435 g/mol. The van der Waals surface area contributed by atoms with Gasteiger partial charge in [0.25, 0.3) is 0 Å². The number of hydrogen-bond acceptors (Lipinski definition) is 6. The molecule has 2 aromatic rings. The molecule has 0 spiro atoms. The number of benzene rings is 2. The quantitative estimate of drug-likeness (QED) is 0.405. The second-order valence-corrected chi connectivity index (χ2v) is 9.62. The second kappa shape index (κ2) is 10.7. The molecule has 0 saturated heterocycles. The Morgan fingerprint density at radius 1 is 1.03 bits per heavy atom. The van der Waals surface area contributed by atoms with Crippen LogP contribution < -0.4 is 14.8 Å². The summed E-state index contributed by atoms with van der Waals surface area (Å²) >= 11 is 0. The van der Waals surface area contributed by atoms with Crippen molar-refractivity contribution in [2.24, 2.45) is 0 Å². The van der Waals surface area contributed by atoms with E-state index in [1.54, 1.807) is 24.3 Å². The number of anilines is 1. The Labute approximate surface area is 178 Å². The molecule has 1 saturated carbocycles. The molecule has 1 aliphatic carbocycles. The molecule has 7 nitrogen and oxygen atoms in total. The van der Waals surface area contributed by atoms with E-state index >= 15 is 0 Å². The normalized spacial score (nSPS) is 15.8. The molecule has 0 heterocycles. The van der Waals surface area contributed by atoms with E-state index in [1.165, 1.54) is 12.1 Å². The molecule has 8 heteroatoms. The number of phenols is 1. The summed E-state index contributed by atoms with van der Waals surface area (Å²) < 4.78 is 32.9. The van der Waals surface area contributed by atoms with Gasteiger partial charge in [0.2, 0.25) is 10.0 Å². The van der Waals surface area contributed by atoms with Gasteiger partial charge in [-0.15, -0.1) is 0 Å². The first-order valence-corrected chi connectivity index (χ1v) is 11.9. The van der Waals surface area contributed by atoms with Crippen LogP contribution in [0.5, 0.6) is 11.5 Å². The van der Waals surface area contributed by atoms with E-state index in [-0.39, 0.29) is 17.6 Å². The number of phenolic OH excluding ortho intramolecular Hbond substituents is 1. The summed E-state index contributed by atoms with van der Waals surface area (Å²) in [7, 11) is -3.30. The molecule has 0 bridgehead atoms. The molecular formula is C22H30N2O5S. The van der Waals surface area contributed by atoms with E-state index in [1.807, 2.05) is 12.1 Å². The highest BCUT2D eigenvalue weighted by atomic mass is 32.2. The minimum absolute atomic E-state index is 0.160. The Bertz CT molecular complexity index is 879. The van der Waals surface area contributed by atoms with E-state index in [2.05, 4.69) is 10.0 Å². The van der Waals surface area contributed by atoms with Gasteiger partial charge in [-0.2, -0.15) is 0 Å². The van der Waals surface area contributed by atoms with Gasteiger partial charge in [0, 0.05) is 12.2 Å². The van der Waals surface area contributed by atoms with Crippen molar-refractivity contribution < 1.29 is 23.4 Å². The minimum atomic E-state index is -3.30. The summed E-state index contributed by atoms with van der Waals surface area (Å²) in [6.07, 6.45) is 3.56. The summed E-state index contributed by atoms with van der Waals surface area (Å²) in [4.78, 5) is 0. The van der Waals surface area contributed by atoms with Gasteiger partial charge in [-0.1, -0.05) is 25.0 Å². The van der Waals surface area contributed by atoms with Gasteiger partial charge in [0.1, 0.15) is 24.2 Å². The third-order valence-electron chi connectivity index (χ3n) is 5.20. The fraction of sp³-hybridized carbons (Fsp3) is 0.455. The van der Waals surface area contributed by atoms with Gasteiger partial charge in [-0.25, -0.2) is 8.42 Å². The summed E-state index contributed by atoms with van der Waals surface area (Å²) in [6.45, 7) is 1.24. The number of nitrogens with one attached hydrogen (secondary N) is 2. The molecule has 1 aliphatic rings. The highest BCUT2D eigenvalue weighted by molar-refractivity contribution is 7.93. The lowest BCUT2D eigenvalue weighted by Crippen LogP contribution is -2.32. The van der Waals surface area contributed by atoms with Crippen molar-refractivity contribution in [2.45, 2.75) is 43.5 Å². The highest BCUT2D eigenvalue weighted by Crippen LogP contribution is 2.26. The molecule has 0 aliphatic heterocycles. The first-order valence-electron chi connectivity index (χ1n) is 10.3. The number of aliphatic hydroxyl groups is 1. The zero-order chi connectivity index (χ0) is 21.4. The molecule has 0 amide bonds. The Balaban J connectivity index is 1.34. The molecule has 164 valence electrons. The van der Waals surface area contributed by atoms with Gasteiger partial charge in [-0.05, 0) is 67.8 Å². The molecule has 1 unspecified atom stereocenters. The van der Waals surface area contributed by atoms with Crippen molar-refractivity contribution in [3.8, 4) is 11.5 Å². The van der Waals surface area contributed by atoms with Crippen LogP contribution in [-0.4, -0.2) is 49.7 Å². The van der Waals surface area contributed by atoms with Gasteiger partial charge in [0.05, 0.1) is 5.25 Å². The predicted octanol–water partition coefficient (Wildman–Crippen LogP) is 2.65. The van der Waals surface area contributed by atoms with Gasteiger partial charge >= 0.3 is 0 Å². The summed E-state index contributed by atoms with van der Waals surface area (Å²) in [6, 6.07) is 13.8. The van der Waals surface area contributed by atoms with Crippen molar-refractivity contribution in [3.63, 3.8) is 0 Å². The molecule has 1 fully saturated rings. The summed E-state index contributed by atoms with van der Waals surface area (Å²) in [5.74, 6) is 0.763. The lowest BCUT2D eigenvalue weighted by Gasteiger charge is -2.14. The van der Waals surface area contributed by atoms with Crippen LogP contribution in [0.4, 0.5) is 5.69 Å². The fourth-order valence-corrected chi connectivity index (χ4v) is 5.07. The van der Waals surface area contributed by atoms with E-state index in [9.17, 15) is 18.6 Å². The Kier molecular flexibility index (Phi) is 7.95. The number of aromatic hydroxyl groups is 1. The molecule has 2 aromatic carbocycles. The highest BCUT2D eigenvalue weighted by Gasteiger charge is 2.28. The van der Waals surface area contributed by atoms with E-state index in [0.29, 0.717) is 24.5 Å². The first-order chi connectivity index (χ1) is 14.4. The maximum Gasteiger partial charge on any atom is 0.235 e. The van der Waals surface area contributed by atoms with Crippen molar-refractivity contribution in [3.05, 3.63) is 54.1 Å². The van der Waals surface area contributed by atoms with Crippen LogP contribution in [0.25, 0.3) is 0 Å². The monoisotopic (exact) mass is 434 g/mol. The number of sulfonamides is 1. The second-order valence-electron chi connectivity index (χ2n) is 7.66. The van der Waals surface area contributed by atoms with Gasteiger partial charge in [-0.3, -0.25) is 4.72 Å². The van der Waals surface area contributed by atoms with Crippen LogP contribution >= 0.6 is 0 Å². The van der Waals surface area contributed by atoms with Crippen LogP contribution in [-0.2, 0) is 16.4 Å². The Hall–Kier alpha value is -2.29. The molecule has 3 rings (SSSR count). The Morgan fingerprint density at radius 3 is 2.37 bits per heavy atom. The summed E-state index contributed by atoms with van der Waals surface area (Å²) in [5.41, 5.74) is 1.68. The smallest absolute Gasteiger partial charge is 0.235 e. The van der Waals surface area contributed by atoms with E-state index < -0.39 is 16.1 Å². The molecular weight excluding hydrogens is 404 g/mol. The van der Waals surface area contributed by atoms with Gasteiger partial charge in [0.15, 0.2) is 0 Å². The molecule has 0 radical (unpaired) electrons. The lowest BCUT2D eigenvalue weighted by molar-refractivity contribution is 0.106. The largest absolute Gasteiger partial charge is 0.508 e. The fourth-order valence-electron chi connectivity index (χ4n) is 3.48. The Morgan fingerprint density at radius 2 is 1.70 bits per heavy atom. The molecule has 0 aromatic heterocycles. The zero-order valence-corrected chi connectivity index (χ0v) is 17.8. The average Bonchev–Trinajstić information content (AvgIpc) is 3.28. The third kappa shape index (κ3) is 6.90. The molecule has 30 heavy (non-hydrogen) atoms. The van der Waals surface area contributed by atoms with Crippen LogP contribution in [0, 0.1) is 0 Å². The van der Waals surface area contributed by atoms with Gasteiger partial charge < -0.3 is 20.3 Å². The number of hydrogen-bond donors (Lipinski definition) is 4. The van der Waals surface area contributed by atoms with Crippen LogP contribution in [0.2, 0.25) is 0 Å². The van der Waals surface area contributed by atoms with Crippen LogP contribution in [0.3, 0.4) is 0 Å². The van der Waals surface area contributed by atoms with Crippen molar-refractivity contribution in [2.75, 3.05) is 24.4 Å². The van der Waals surface area contributed by atoms with Crippen LogP contribution in [0.15, 0.2) is 48.5 Å². The third-order valence-corrected chi connectivity index (χ3v) is 7.07. The van der Waals surface area contributed by atoms with Crippen molar-refractivity contribution in [1.82, 2.24) is 5.32 Å². The standard InChI is InChI=1S/C22H30N2O5S/c25-19-9-11-21(12-10-19)29-16-20(26)15-23-14-13-17-5-7-18(8-6-17)24-30(27,28)22-3-1-2-4-22/h5-12,20,22-26H,1-4,13-16H2. The van der Waals surface area contributed by atoms with E-state index in [0.717, 1.165) is 37.7 Å². The molecule has 1 atom stereocenters.